The Bertz CT molecular complexity index is 604. The summed E-state index contributed by atoms with van der Waals surface area (Å²) in [7, 11) is 5.10. The lowest BCUT2D eigenvalue weighted by Gasteiger charge is -2.14. The van der Waals surface area contributed by atoms with Crippen LogP contribution < -0.4 is 5.32 Å². The van der Waals surface area contributed by atoms with Gasteiger partial charge in [-0.15, -0.1) is 0 Å². The highest BCUT2D eigenvalue weighted by Crippen LogP contribution is 2.20. The van der Waals surface area contributed by atoms with Crippen LogP contribution >= 0.6 is 0 Å². The van der Waals surface area contributed by atoms with Gasteiger partial charge in [0, 0.05) is 12.4 Å². The van der Waals surface area contributed by atoms with E-state index >= 15 is 0 Å². The second-order valence-corrected chi connectivity index (χ2v) is 4.69. The van der Waals surface area contributed by atoms with Gasteiger partial charge in [-0.25, -0.2) is 0 Å². The molecule has 0 aliphatic heterocycles. The summed E-state index contributed by atoms with van der Waals surface area (Å²) >= 11 is 0. The zero-order valence-corrected chi connectivity index (χ0v) is 11.7. The van der Waals surface area contributed by atoms with Gasteiger partial charge in [-0.2, -0.15) is 5.10 Å². The number of nitrogens with zero attached hydrogens (tertiary/aromatic N) is 2. The van der Waals surface area contributed by atoms with Gasteiger partial charge in [-0.1, -0.05) is 6.07 Å². The van der Waals surface area contributed by atoms with Gasteiger partial charge in [0.25, 0.3) is 0 Å². The Hall–Kier alpha value is -1.88. The molecule has 0 bridgehead atoms. The number of carbonyl (C=O) groups excluding carboxylic acids is 1. The molecule has 0 fully saturated rings. The predicted octanol–water partition coefficient (Wildman–Crippen LogP) is 1.19. The van der Waals surface area contributed by atoms with Crippen molar-refractivity contribution in [1.29, 1.82) is 0 Å². The average molecular weight is 261 g/mol. The summed E-state index contributed by atoms with van der Waals surface area (Å²) in [4.78, 5) is 11.6. The summed E-state index contributed by atoms with van der Waals surface area (Å²) in [5, 5.41) is 8.33. The van der Waals surface area contributed by atoms with E-state index in [-0.39, 0.29) is 12.0 Å². The van der Waals surface area contributed by atoms with E-state index in [9.17, 15) is 4.79 Å². The topological polar surface area (TPSA) is 56.2 Å². The number of methoxy groups -OCH3 is 1. The van der Waals surface area contributed by atoms with Gasteiger partial charge in [0.05, 0.1) is 18.8 Å². The smallest absolute Gasteiger partial charge is 0.323 e. The SMILES string of the molecule is CN[C@H](Cc1cc(C)c2c(cnn2C)c1)C(=O)OC. The fraction of sp³-hybridized carbons (Fsp3) is 0.429. The number of benzene rings is 1. The standard InChI is InChI=1S/C14H19N3O2/c1-9-5-10(7-12(15-2)14(18)19-4)6-11-8-16-17(3)13(9)11/h5-6,8,12,15H,7H2,1-4H3/t12-/m1/s1. The average Bonchev–Trinajstić information content (AvgIpc) is 2.77. The monoisotopic (exact) mass is 261 g/mol. The van der Waals surface area contributed by atoms with Crippen LogP contribution in [0.3, 0.4) is 0 Å². The van der Waals surface area contributed by atoms with E-state index in [0.29, 0.717) is 6.42 Å². The van der Waals surface area contributed by atoms with Crippen LogP contribution in [0.2, 0.25) is 0 Å². The van der Waals surface area contributed by atoms with Crippen molar-refractivity contribution in [2.24, 2.45) is 7.05 Å². The highest BCUT2D eigenvalue weighted by molar-refractivity contribution is 5.83. The molecule has 0 amide bonds. The Kier molecular flexibility index (Phi) is 3.85. The predicted molar refractivity (Wildman–Crippen MR) is 74.0 cm³/mol. The van der Waals surface area contributed by atoms with Crippen LogP contribution in [0.1, 0.15) is 11.1 Å². The largest absolute Gasteiger partial charge is 0.468 e. The third-order valence-electron chi connectivity index (χ3n) is 3.36. The van der Waals surface area contributed by atoms with Crippen LogP contribution in [0.25, 0.3) is 10.9 Å². The molecule has 1 atom stereocenters. The molecule has 2 rings (SSSR count). The van der Waals surface area contributed by atoms with Crippen molar-refractivity contribution in [3.05, 3.63) is 29.5 Å². The van der Waals surface area contributed by atoms with Gasteiger partial charge in [-0.05, 0) is 37.6 Å². The van der Waals surface area contributed by atoms with Gasteiger partial charge in [0.1, 0.15) is 6.04 Å². The molecule has 1 heterocycles. The maximum absolute atomic E-state index is 11.6. The van der Waals surface area contributed by atoms with Crippen molar-refractivity contribution >= 4 is 16.9 Å². The summed E-state index contributed by atoms with van der Waals surface area (Å²) in [5.41, 5.74) is 3.39. The molecular formula is C14H19N3O2. The number of hydrogen-bond acceptors (Lipinski definition) is 4. The first-order valence-corrected chi connectivity index (χ1v) is 6.23. The number of hydrogen-bond donors (Lipinski definition) is 1. The van der Waals surface area contributed by atoms with Gasteiger partial charge < -0.3 is 10.1 Å². The number of aryl methyl sites for hydroxylation is 2. The summed E-state index contributed by atoms with van der Waals surface area (Å²) in [6.45, 7) is 2.06. The number of likely N-dealkylation sites (N-methyl/N-ethyl adjacent to an activating group) is 1. The number of fused-ring (bicyclic) bond motifs is 1. The van der Waals surface area contributed by atoms with Crippen LogP contribution in [-0.4, -0.2) is 35.9 Å². The summed E-state index contributed by atoms with van der Waals surface area (Å²) in [6, 6.07) is 3.85. The Labute approximate surface area is 112 Å². The lowest BCUT2D eigenvalue weighted by molar-refractivity contribution is -0.142. The summed E-state index contributed by atoms with van der Waals surface area (Å²) in [6.07, 6.45) is 2.45. The molecule has 5 nitrogen and oxygen atoms in total. The second-order valence-electron chi connectivity index (χ2n) is 4.69. The molecule has 1 aromatic heterocycles. The highest BCUT2D eigenvalue weighted by Gasteiger charge is 2.18. The number of rotatable bonds is 4. The van der Waals surface area contributed by atoms with E-state index in [1.54, 1.807) is 7.05 Å². The fourth-order valence-electron chi connectivity index (χ4n) is 2.43. The van der Waals surface area contributed by atoms with Crippen LogP contribution in [0, 0.1) is 6.92 Å². The minimum Gasteiger partial charge on any atom is -0.468 e. The quantitative estimate of drug-likeness (QED) is 0.840. The molecular weight excluding hydrogens is 242 g/mol. The Morgan fingerprint density at radius 2 is 2.26 bits per heavy atom. The van der Waals surface area contributed by atoms with Gasteiger partial charge in [-0.3, -0.25) is 9.48 Å². The number of aromatic nitrogens is 2. The number of nitrogens with one attached hydrogen (secondary N) is 1. The minimum absolute atomic E-state index is 0.244. The Morgan fingerprint density at radius 1 is 1.53 bits per heavy atom. The number of ether oxygens (including phenoxy) is 1. The molecule has 0 radical (unpaired) electrons. The third-order valence-corrected chi connectivity index (χ3v) is 3.36. The van der Waals surface area contributed by atoms with E-state index in [2.05, 4.69) is 29.5 Å². The zero-order valence-electron chi connectivity index (χ0n) is 11.7. The highest BCUT2D eigenvalue weighted by atomic mass is 16.5. The second kappa shape index (κ2) is 5.40. The molecule has 0 saturated carbocycles. The van der Waals surface area contributed by atoms with Crippen LogP contribution in [0.5, 0.6) is 0 Å². The lowest BCUT2D eigenvalue weighted by atomic mass is 10.0. The first-order valence-electron chi connectivity index (χ1n) is 6.23. The van der Waals surface area contributed by atoms with E-state index < -0.39 is 0 Å². The van der Waals surface area contributed by atoms with Crippen LogP contribution in [-0.2, 0) is 23.0 Å². The Morgan fingerprint density at radius 3 is 2.89 bits per heavy atom. The van der Waals surface area contributed by atoms with E-state index in [1.807, 2.05) is 17.9 Å². The molecule has 0 spiro atoms. The number of esters is 1. The molecule has 5 heteroatoms. The van der Waals surface area contributed by atoms with Crippen molar-refractivity contribution in [2.75, 3.05) is 14.2 Å². The molecule has 2 aromatic rings. The van der Waals surface area contributed by atoms with Crippen molar-refractivity contribution in [1.82, 2.24) is 15.1 Å². The first-order chi connectivity index (χ1) is 9.06. The van der Waals surface area contributed by atoms with Gasteiger partial charge >= 0.3 is 5.97 Å². The number of carbonyl (C=O) groups is 1. The van der Waals surface area contributed by atoms with E-state index in [1.165, 1.54) is 7.11 Å². The summed E-state index contributed by atoms with van der Waals surface area (Å²) < 4.78 is 6.64. The van der Waals surface area contributed by atoms with Crippen LogP contribution in [0.4, 0.5) is 0 Å². The van der Waals surface area contributed by atoms with Gasteiger partial charge in [0.2, 0.25) is 0 Å². The maximum atomic E-state index is 11.6. The molecule has 1 N–H and O–H groups in total. The molecule has 0 saturated heterocycles. The molecule has 102 valence electrons. The minimum atomic E-state index is -0.321. The lowest BCUT2D eigenvalue weighted by Crippen LogP contribution is -2.36. The van der Waals surface area contributed by atoms with Crippen molar-refractivity contribution < 1.29 is 9.53 Å². The van der Waals surface area contributed by atoms with E-state index in [0.717, 1.165) is 22.0 Å². The molecule has 0 aliphatic rings. The van der Waals surface area contributed by atoms with Crippen molar-refractivity contribution in [2.45, 2.75) is 19.4 Å². The zero-order chi connectivity index (χ0) is 14.0. The van der Waals surface area contributed by atoms with Crippen molar-refractivity contribution in [3.63, 3.8) is 0 Å². The fourth-order valence-corrected chi connectivity index (χ4v) is 2.43. The normalized spacial score (nSPS) is 12.6. The molecule has 0 aliphatic carbocycles. The molecule has 0 unspecified atom stereocenters. The van der Waals surface area contributed by atoms with Crippen molar-refractivity contribution in [3.8, 4) is 0 Å². The first kappa shape index (κ1) is 13.5. The maximum Gasteiger partial charge on any atom is 0.323 e. The van der Waals surface area contributed by atoms with Gasteiger partial charge in [0.15, 0.2) is 0 Å². The van der Waals surface area contributed by atoms with Crippen LogP contribution in [0.15, 0.2) is 18.3 Å². The molecule has 19 heavy (non-hydrogen) atoms. The molecule has 1 aromatic carbocycles. The third kappa shape index (κ3) is 2.61. The Balaban J connectivity index is 2.33. The van der Waals surface area contributed by atoms with E-state index in [4.69, 9.17) is 4.74 Å². The summed E-state index contributed by atoms with van der Waals surface area (Å²) in [5.74, 6) is -0.244.